The van der Waals surface area contributed by atoms with Gasteiger partial charge in [-0.15, -0.1) is 11.3 Å². The molecule has 2 N–H and O–H groups in total. The molecule has 5 nitrogen and oxygen atoms in total. The first kappa shape index (κ1) is 11.8. The molecule has 2 aromatic heterocycles. The van der Waals surface area contributed by atoms with Crippen molar-refractivity contribution in [3.05, 3.63) is 33.5 Å². The average Bonchev–Trinajstić information content (AvgIpc) is 2.89. The number of thiazole rings is 1. The molecule has 2 rings (SSSR count). The Morgan fingerprint density at radius 1 is 1.65 bits per heavy atom. The standard InChI is InChI=1S/C11H13N3O2S/c1-6(10-12-3-4-17-10)5-8-7(2)9(11(15)16)14-13-8/h3-4,6H,5H2,1-2H3,(H,13,14)(H,15,16). The number of aromatic amines is 1. The second-order valence-corrected chi connectivity index (χ2v) is 4.88. The third-order valence-corrected chi connectivity index (χ3v) is 3.70. The molecule has 6 heteroatoms. The lowest BCUT2D eigenvalue weighted by atomic mass is 10.0. The van der Waals surface area contributed by atoms with E-state index in [4.69, 9.17) is 5.11 Å². The van der Waals surface area contributed by atoms with Crippen LogP contribution < -0.4 is 0 Å². The van der Waals surface area contributed by atoms with Crippen molar-refractivity contribution >= 4 is 17.3 Å². The normalized spacial score (nSPS) is 12.6. The molecular formula is C11H13N3O2S. The van der Waals surface area contributed by atoms with Crippen LogP contribution in [0.5, 0.6) is 0 Å². The van der Waals surface area contributed by atoms with E-state index in [-0.39, 0.29) is 11.6 Å². The minimum Gasteiger partial charge on any atom is -0.476 e. The molecule has 0 bridgehead atoms. The third-order valence-electron chi connectivity index (χ3n) is 2.70. The number of nitrogens with zero attached hydrogens (tertiary/aromatic N) is 2. The van der Waals surface area contributed by atoms with E-state index in [0.29, 0.717) is 5.56 Å². The molecule has 0 aliphatic rings. The topological polar surface area (TPSA) is 78.9 Å². The second-order valence-electron chi connectivity index (χ2n) is 3.96. The lowest BCUT2D eigenvalue weighted by Gasteiger charge is -2.06. The van der Waals surface area contributed by atoms with E-state index in [1.54, 1.807) is 24.5 Å². The molecule has 0 radical (unpaired) electrons. The predicted molar refractivity (Wildman–Crippen MR) is 64.5 cm³/mol. The smallest absolute Gasteiger partial charge is 0.356 e. The zero-order valence-corrected chi connectivity index (χ0v) is 10.4. The van der Waals surface area contributed by atoms with Crippen LogP contribution in [-0.4, -0.2) is 26.3 Å². The fourth-order valence-corrected chi connectivity index (χ4v) is 2.41. The van der Waals surface area contributed by atoms with Crippen molar-refractivity contribution in [3.63, 3.8) is 0 Å². The summed E-state index contributed by atoms with van der Waals surface area (Å²) in [5.74, 6) is -0.734. The molecule has 0 amide bonds. The molecular weight excluding hydrogens is 238 g/mol. The number of aromatic nitrogens is 3. The summed E-state index contributed by atoms with van der Waals surface area (Å²) in [4.78, 5) is 15.1. The maximum Gasteiger partial charge on any atom is 0.356 e. The van der Waals surface area contributed by atoms with Crippen molar-refractivity contribution in [2.75, 3.05) is 0 Å². The molecule has 2 aromatic rings. The first-order valence-corrected chi connectivity index (χ1v) is 6.14. The summed E-state index contributed by atoms with van der Waals surface area (Å²) in [7, 11) is 0. The Morgan fingerprint density at radius 3 is 2.94 bits per heavy atom. The number of H-pyrrole nitrogens is 1. The van der Waals surface area contributed by atoms with Crippen molar-refractivity contribution in [2.45, 2.75) is 26.2 Å². The maximum atomic E-state index is 10.9. The molecule has 0 aliphatic heterocycles. The van der Waals surface area contributed by atoms with Crippen LogP contribution in [0.25, 0.3) is 0 Å². The minimum atomic E-state index is -0.994. The summed E-state index contributed by atoms with van der Waals surface area (Å²) in [6.07, 6.45) is 2.50. The van der Waals surface area contributed by atoms with Crippen molar-refractivity contribution in [3.8, 4) is 0 Å². The molecule has 0 saturated carbocycles. The van der Waals surface area contributed by atoms with E-state index in [1.165, 1.54) is 0 Å². The Balaban J connectivity index is 2.17. The van der Waals surface area contributed by atoms with Gasteiger partial charge in [0.15, 0.2) is 5.69 Å². The third kappa shape index (κ3) is 2.36. The van der Waals surface area contributed by atoms with Crippen LogP contribution >= 0.6 is 11.3 Å². The van der Waals surface area contributed by atoms with Crippen LogP contribution in [0.4, 0.5) is 0 Å². The van der Waals surface area contributed by atoms with Gasteiger partial charge in [-0.1, -0.05) is 6.92 Å². The molecule has 90 valence electrons. The minimum absolute atomic E-state index is 0.103. The first-order valence-electron chi connectivity index (χ1n) is 5.26. The van der Waals surface area contributed by atoms with E-state index in [0.717, 1.165) is 17.1 Å². The number of carboxylic acids is 1. The molecule has 1 atom stereocenters. The summed E-state index contributed by atoms with van der Waals surface area (Å²) in [5.41, 5.74) is 1.68. The van der Waals surface area contributed by atoms with Crippen LogP contribution in [0.15, 0.2) is 11.6 Å². The second kappa shape index (κ2) is 4.67. The quantitative estimate of drug-likeness (QED) is 0.873. The van der Waals surface area contributed by atoms with Gasteiger partial charge >= 0.3 is 5.97 Å². The highest BCUT2D eigenvalue weighted by Crippen LogP contribution is 2.23. The van der Waals surface area contributed by atoms with Gasteiger partial charge in [0.25, 0.3) is 0 Å². The van der Waals surface area contributed by atoms with Crippen LogP contribution in [0.2, 0.25) is 0 Å². The zero-order chi connectivity index (χ0) is 12.4. The van der Waals surface area contributed by atoms with Crippen molar-refractivity contribution < 1.29 is 9.90 Å². The number of hydrogen-bond acceptors (Lipinski definition) is 4. The van der Waals surface area contributed by atoms with E-state index in [1.807, 2.05) is 5.38 Å². The number of carbonyl (C=O) groups is 1. The number of hydrogen-bond donors (Lipinski definition) is 2. The lowest BCUT2D eigenvalue weighted by Crippen LogP contribution is -2.01. The SMILES string of the molecule is Cc1c(C(=O)O)n[nH]c1CC(C)c1nccs1. The monoisotopic (exact) mass is 251 g/mol. The number of rotatable bonds is 4. The Kier molecular flexibility index (Phi) is 3.23. The van der Waals surface area contributed by atoms with Gasteiger partial charge in [0.2, 0.25) is 0 Å². The highest BCUT2D eigenvalue weighted by atomic mass is 32.1. The number of aromatic carboxylic acids is 1. The summed E-state index contributed by atoms with van der Waals surface area (Å²) in [5, 5.41) is 18.5. The van der Waals surface area contributed by atoms with Gasteiger partial charge in [-0.05, 0) is 13.3 Å². The first-order chi connectivity index (χ1) is 8.09. The average molecular weight is 251 g/mol. The van der Waals surface area contributed by atoms with E-state index >= 15 is 0 Å². The molecule has 17 heavy (non-hydrogen) atoms. The fourth-order valence-electron chi connectivity index (χ4n) is 1.71. The Hall–Kier alpha value is -1.69. The van der Waals surface area contributed by atoms with Crippen LogP contribution in [0.1, 0.15) is 39.6 Å². The molecule has 0 aromatic carbocycles. The fraction of sp³-hybridized carbons (Fsp3) is 0.364. The molecule has 2 heterocycles. The summed E-state index contributed by atoms with van der Waals surface area (Å²) in [6.45, 7) is 3.84. The Morgan fingerprint density at radius 2 is 2.41 bits per heavy atom. The molecule has 0 spiro atoms. The van der Waals surface area contributed by atoms with E-state index in [2.05, 4.69) is 22.1 Å². The summed E-state index contributed by atoms with van der Waals surface area (Å²) in [6, 6.07) is 0. The summed E-state index contributed by atoms with van der Waals surface area (Å²) < 4.78 is 0. The van der Waals surface area contributed by atoms with Gasteiger partial charge in [0.05, 0.1) is 5.01 Å². The van der Waals surface area contributed by atoms with Crippen molar-refractivity contribution in [1.29, 1.82) is 0 Å². The van der Waals surface area contributed by atoms with Gasteiger partial charge in [-0.25, -0.2) is 9.78 Å². The van der Waals surface area contributed by atoms with Crippen LogP contribution in [0, 0.1) is 6.92 Å². The van der Waals surface area contributed by atoms with E-state index in [9.17, 15) is 4.79 Å². The zero-order valence-electron chi connectivity index (χ0n) is 9.60. The van der Waals surface area contributed by atoms with Crippen LogP contribution in [0.3, 0.4) is 0 Å². The predicted octanol–water partition coefficient (Wildman–Crippen LogP) is 2.22. The van der Waals surface area contributed by atoms with E-state index < -0.39 is 5.97 Å². The Labute approximate surface area is 103 Å². The van der Waals surface area contributed by atoms with Gasteiger partial charge in [-0.3, -0.25) is 5.10 Å². The van der Waals surface area contributed by atoms with Crippen molar-refractivity contribution in [2.24, 2.45) is 0 Å². The molecule has 0 saturated heterocycles. The summed E-state index contributed by atoms with van der Waals surface area (Å²) >= 11 is 1.61. The van der Waals surface area contributed by atoms with Gasteiger partial charge in [0.1, 0.15) is 0 Å². The molecule has 1 unspecified atom stereocenters. The molecule has 0 fully saturated rings. The largest absolute Gasteiger partial charge is 0.476 e. The maximum absolute atomic E-state index is 10.9. The molecule has 0 aliphatic carbocycles. The number of nitrogens with one attached hydrogen (secondary N) is 1. The Bertz CT molecular complexity index is 519. The van der Waals surface area contributed by atoms with Crippen molar-refractivity contribution in [1.82, 2.24) is 15.2 Å². The van der Waals surface area contributed by atoms with Gasteiger partial charge < -0.3 is 5.11 Å². The van der Waals surface area contributed by atoms with Gasteiger partial charge in [0, 0.05) is 28.8 Å². The lowest BCUT2D eigenvalue weighted by molar-refractivity contribution is 0.0689. The van der Waals surface area contributed by atoms with Crippen LogP contribution in [-0.2, 0) is 6.42 Å². The van der Waals surface area contributed by atoms with Gasteiger partial charge in [-0.2, -0.15) is 5.10 Å². The number of carboxylic acid groups (broad SMARTS) is 1. The highest BCUT2D eigenvalue weighted by molar-refractivity contribution is 7.09. The highest BCUT2D eigenvalue weighted by Gasteiger charge is 2.18.